The number of alkyl halides is 1. The number of nitrogens with one attached hydrogen (secondary N) is 1. The van der Waals surface area contributed by atoms with Gasteiger partial charge in [0.05, 0.1) is 10.6 Å². The summed E-state index contributed by atoms with van der Waals surface area (Å²) in [5.41, 5.74) is -0.367. The summed E-state index contributed by atoms with van der Waals surface area (Å²) in [6, 6.07) is 1.55. The number of benzene rings is 1. The normalized spacial score (nSPS) is 12.3. The molecule has 1 amide bonds. The molecule has 0 aliphatic carbocycles. The molecule has 1 unspecified atom stereocenters. The van der Waals surface area contributed by atoms with E-state index in [-0.39, 0.29) is 16.0 Å². The van der Waals surface area contributed by atoms with Crippen molar-refractivity contribution in [2.24, 2.45) is 0 Å². The van der Waals surface area contributed by atoms with Crippen LogP contribution in [0, 0.1) is 11.6 Å². The van der Waals surface area contributed by atoms with E-state index in [0.29, 0.717) is 13.0 Å². The second-order valence-electron chi connectivity index (χ2n) is 3.57. The number of halogens is 4. The average molecular weight is 282 g/mol. The summed E-state index contributed by atoms with van der Waals surface area (Å²) >= 11 is 11.1. The lowest BCUT2D eigenvalue weighted by atomic mass is 10.2. The van der Waals surface area contributed by atoms with E-state index in [4.69, 9.17) is 23.2 Å². The third-order valence-electron chi connectivity index (χ3n) is 2.08. The van der Waals surface area contributed by atoms with Crippen LogP contribution in [-0.2, 0) is 0 Å². The van der Waals surface area contributed by atoms with E-state index in [2.05, 4.69) is 5.32 Å². The summed E-state index contributed by atoms with van der Waals surface area (Å²) in [7, 11) is 0. The van der Waals surface area contributed by atoms with E-state index in [1.54, 1.807) is 6.92 Å². The second-order valence-corrected chi connectivity index (χ2v) is 4.72. The molecule has 1 N–H and O–H groups in total. The van der Waals surface area contributed by atoms with Gasteiger partial charge in [0, 0.05) is 11.9 Å². The maximum absolute atomic E-state index is 13.3. The fourth-order valence-corrected chi connectivity index (χ4v) is 1.44. The lowest BCUT2D eigenvalue weighted by molar-refractivity contribution is 0.0949. The Kier molecular flexibility index (Phi) is 5.15. The molecule has 0 aliphatic heterocycles. The maximum atomic E-state index is 13.3. The molecule has 0 spiro atoms. The molecule has 0 heterocycles. The van der Waals surface area contributed by atoms with Gasteiger partial charge in [-0.1, -0.05) is 11.6 Å². The Labute approximate surface area is 108 Å². The number of hydrogen-bond donors (Lipinski definition) is 1. The van der Waals surface area contributed by atoms with Gasteiger partial charge in [0.2, 0.25) is 0 Å². The summed E-state index contributed by atoms with van der Waals surface area (Å²) in [5, 5.41) is 2.00. The van der Waals surface area contributed by atoms with Crippen LogP contribution in [0.15, 0.2) is 12.1 Å². The zero-order valence-electron chi connectivity index (χ0n) is 9.07. The first kappa shape index (κ1) is 14.2. The van der Waals surface area contributed by atoms with Crippen molar-refractivity contribution in [3.63, 3.8) is 0 Å². The summed E-state index contributed by atoms with van der Waals surface area (Å²) in [5.74, 6) is -2.37. The SMILES string of the molecule is CC(Cl)CCNC(=O)c1cc(F)c(Cl)cc1F. The van der Waals surface area contributed by atoms with Crippen LogP contribution in [0.4, 0.5) is 8.78 Å². The van der Waals surface area contributed by atoms with E-state index in [1.165, 1.54) is 0 Å². The van der Waals surface area contributed by atoms with Gasteiger partial charge < -0.3 is 5.32 Å². The molecule has 6 heteroatoms. The van der Waals surface area contributed by atoms with Crippen molar-refractivity contribution < 1.29 is 13.6 Å². The van der Waals surface area contributed by atoms with Gasteiger partial charge in [-0.2, -0.15) is 0 Å². The first-order chi connectivity index (χ1) is 7.91. The molecule has 0 aliphatic rings. The molecule has 94 valence electrons. The largest absolute Gasteiger partial charge is 0.352 e. The Morgan fingerprint density at radius 3 is 2.65 bits per heavy atom. The molecule has 0 aromatic heterocycles. The van der Waals surface area contributed by atoms with Crippen LogP contribution >= 0.6 is 23.2 Å². The van der Waals surface area contributed by atoms with E-state index in [0.717, 1.165) is 12.1 Å². The minimum absolute atomic E-state index is 0.0953. The van der Waals surface area contributed by atoms with Crippen LogP contribution in [0.2, 0.25) is 5.02 Å². The molecular weight excluding hydrogens is 271 g/mol. The fraction of sp³-hybridized carbons (Fsp3) is 0.364. The van der Waals surface area contributed by atoms with Gasteiger partial charge in [-0.05, 0) is 25.5 Å². The molecule has 0 bridgehead atoms. The van der Waals surface area contributed by atoms with Gasteiger partial charge in [-0.25, -0.2) is 8.78 Å². The summed E-state index contributed by atoms with van der Waals surface area (Å²) < 4.78 is 26.4. The molecule has 1 aromatic rings. The number of rotatable bonds is 4. The lowest BCUT2D eigenvalue weighted by Gasteiger charge is -2.07. The number of carbonyl (C=O) groups is 1. The Morgan fingerprint density at radius 2 is 2.06 bits per heavy atom. The molecule has 2 nitrogen and oxygen atoms in total. The molecular formula is C11H11Cl2F2NO. The summed E-state index contributed by atoms with van der Waals surface area (Å²) in [6.07, 6.45) is 0.547. The van der Waals surface area contributed by atoms with Crippen molar-refractivity contribution in [1.82, 2.24) is 5.32 Å². The first-order valence-corrected chi connectivity index (χ1v) is 5.80. The van der Waals surface area contributed by atoms with Crippen molar-refractivity contribution in [1.29, 1.82) is 0 Å². The topological polar surface area (TPSA) is 29.1 Å². The van der Waals surface area contributed by atoms with Crippen LogP contribution in [0.1, 0.15) is 23.7 Å². The van der Waals surface area contributed by atoms with Crippen LogP contribution in [0.5, 0.6) is 0 Å². The third kappa shape index (κ3) is 4.13. The highest BCUT2D eigenvalue weighted by atomic mass is 35.5. The molecule has 0 fully saturated rings. The monoisotopic (exact) mass is 281 g/mol. The minimum atomic E-state index is -0.854. The number of carbonyl (C=O) groups excluding carboxylic acids is 1. The molecule has 0 radical (unpaired) electrons. The quantitative estimate of drug-likeness (QED) is 0.665. The van der Waals surface area contributed by atoms with Crippen LogP contribution in [-0.4, -0.2) is 17.8 Å². The van der Waals surface area contributed by atoms with Crippen LogP contribution < -0.4 is 5.32 Å². The zero-order valence-corrected chi connectivity index (χ0v) is 10.6. The van der Waals surface area contributed by atoms with Crippen molar-refractivity contribution >= 4 is 29.1 Å². The van der Waals surface area contributed by atoms with Crippen molar-refractivity contribution in [2.75, 3.05) is 6.54 Å². The molecule has 1 rings (SSSR count). The van der Waals surface area contributed by atoms with E-state index in [9.17, 15) is 13.6 Å². The highest BCUT2D eigenvalue weighted by Gasteiger charge is 2.15. The summed E-state index contributed by atoms with van der Waals surface area (Å²) in [4.78, 5) is 11.5. The second kappa shape index (κ2) is 6.17. The lowest BCUT2D eigenvalue weighted by Crippen LogP contribution is -2.26. The van der Waals surface area contributed by atoms with E-state index >= 15 is 0 Å². The predicted octanol–water partition coefficient (Wildman–Crippen LogP) is 3.37. The van der Waals surface area contributed by atoms with E-state index in [1.807, 2.05) is 0 Å². The Bertz CT molecular complexity index is 424. The average Bonchev–Trinajstić information content (AvgIpc) is 2.22. The van der Waals surface area contributed by atoms with Gasteiger partial charge in [0.1, 0.15) is 11.6 Å². The van der Waals surface area contributed by atoms with Crippen molar-refractivity contribution in [3.05, 3.63) is 34.4 Å². The molecule has 17 heavy (non-hydrogen) atoms. The highest BCUT2D eigenvalue weighted by Crippen LogP contribution is 2.19. The molecule has 1 atom stereocenters. The predicted molar refractivity (Wildman–Crippen MR) is 63.6 cm³/mol. The number of hydrogen-bond acceptors (Lipinski definition) is 1. The van der Waals surface area contributed by atoms with Gasteiger partial charge in [-0.3, -0.25) is 4.79 Å². The third-order valence-corrected chi connectivity index (χ3v) is 2.59. The Hall–Kier alpha value is -0.870. The highest BCUT2D eigenvalue weighted by molar-refractivity contribution is 6.30. The number of amides is 1. The fourth-order valence-electron chi connectivity index (χ4n) is 1.18. The van der Waals surface area contributed by atoms with Gasteiger partial charge in [-0.15, -0.1) is 11.6 Å². The van der Waals surface area contributed by atoms with Crippen LogP contribution in [0.25, 0.3) is 0 Å². The molecule has 0 saturated heterocycles. The first-order valence-electron chi connectivity index (χ1n) is 4.98. The molecule has 1 aromatic carbocycles. The Morgan fingerprint density at radius 1 is 1.41 bits per heavy atom. The van der Waals surface area contributed by atoms with Gasteiger partial charge >= 0.3 is 0 Å². The van der Waals surface area contributed by atoms with Gasteiger partial charge in [0.25, 0.3) is 5.91 Å². The van der Waals surface area contributed by atoms with Crippen molar-refractivity contribution in [2.45, 2.75) is 18.7 Å². The molecule has 0 saturated carbocycles. The van der Waals surface area contributed by atoms with Gasteiger partial charge in [0.15, 0.2) is 0 Å². The maximum Gasteiger partial charge on any atom is 0.254 e. The minimum Gasteiger partial charge on any atom is -0.352 e. The zero-order chi connectivity index (χ0) is 13.0. The van der Waals surface area contributed by atoms with Crippen molar-refractivity contribution in [3.8, 4) is 0 Å². The van der Waals surface area contributed by atoms with Crippen LogP contribution in [0.3, 0.4) is 0 Å². The van der Waals surface area contributed by atoms with E-state index < -0.39 is 17.5 Å². The Balaban J connectivity index is 2.72. The standard InChI is InChI=1S/C11H11Cl2F2NO/c1-6(12)2-3-16-11(17)7-4-10(15)8(13)5-9(7)14/h4-6H,2-3H2,1H3,(H,16,17). The summed E-state index contributed by atoms with van der Waals surface area (Å²) in [6.45, 7) is 2.07. The smallest absolute Gasteiger partial charge is 0.254 e.